The van der Waals surface area contributed by atoms with E-state index in [1.54, 1.807) is 0 Å². The van der Waals surface area contributed by atoms with E-state index < -0.39 is 11.8 Å². The minimum atomic E-state index is -0.538. The topological polar surface area (TPSA) is 61.4 Å². The maximum Gasteiger partial charge on any atom is 0.309 e. The summed E-state index contributed by atoms with van der Waals surface area (Å²) < 4.78 is 0. The van der Waals surface area contributed by atoms with Crippen LogP contribution in [0.15, 0.2) is 24.3 Å². The average Bonchev–Trinajstić information content (AvgIpc) is 2.93. The molecule has 1 fully saturated rings. The first-order chi connectivity index (χ1) is 12.2. The third kappa shape index (κ3) is 6.77. The number of nitrogens with zero attached hydrogens (tertiary/aromatic N) is 1. The highest BCUT2D eigenvalue weighted by Crippen LogP contribution is 2.20. The second kappa shape index (κ2) is 10.7. The molecule has 25 heavy (non-hydrogen) atoms. The van der Waals surface area contributed by atoms with Crippen molar-refractivity contribution in [3.8, 4) is 0 Å². The fraction of sp³-hybridized carbons (Fsp3) is 0.600. The van der Waals surface area contributed by atoms with Crippen molar-refractivity contribution in [1.29, 1.82) is 0 Å². The van der Waals surface area contributed by atoms with Gasteiger partial charge in [0.05, 0.1) is 0 Å². The average molecular weight is 345 g/mol. The Morgan fingerprint density at radius 1 is 0.920 bits per heavy atom. The lowest BCUT2D eigenvalue weighted by Gasteiger charge is -2.22. The van der Waals surface area contributed by atoms with Crippen molar-refractivity contribution in [2.24, 2.45) is 0 Å². The fourth-order valence-electron chi connectivity index (χ4n) is 3.10. The number of hydrogen-bond donors (Lipinski definition) is 2. The van der Waals surface area contributed by atoms with Gasteiger partial charge in [-0.2, -0.15) is 0 Å². The molecule has 0 bridgehead atoms. The quantitative estimate of drug-likeness (QED) is 0.590. The Morgan fingerprint density at radius 2 is 1.52 bits per heavy atom. The summed E-state index contributed by atoms with van der Waals surface area (Å²) in [5, 5.41) is 5.25. The summed E-state index contributed by atoms with van der Waals surface area (Å²) in [7, 11) is 0. The van der Waals surface area contributed by atoms with Crippen molar-refractivity contribution in [1.82, 2.24) is 10.6 Å². The Bertz CT molecular complexity index is 534. The summed E-state index contributed by atoms with van der Waals surface area (Å²) in [5.41, 5.74) is 2.58. The lowest BCUT2D eigenvalue weighted by Crippen LogP contribution is -2.40. The summed E-state index contributed by atoms with van der Waals surface area (Å²) in [6.45, 7) is 5.33. The van der Waals surface area contributed by atoms with E-state index in [4.69, 9.17) is 0 Å². The smallest absolute Gasteiger partial charge is 0.309 e. The van der Waals surface area contributed by atoms with Gasteiger partial charge in [0.15, 0.2) is 0 Å². The van der Waals surface area contributed by atoms with E-state index in [1.165, 1.54) is 36.9 Å². The highest BCUT2D eigenvalue weighted by Gasteiger charge is 2.11. The number of anilines is 1. The van der Waals surface area contributed by atoms with Crippen molar-refractivity contribution in [3.05, 3.63) is 29.8 Å². The number of rotatable bonds is 7. The number of amides is 2. The van der Waals surface area contributed by atoms with Crippen LogP contribution in [0.5, 0.6) is 0 Å². The van der Waals surface area contributed by atoms with Gasteiger partial charge >= 0.3 is 11.8 Å². The van der Waals surface area contributed by atoms with Crippen molar-refractivity contribution < 1.29 is 9.59 Å². The Hall–Kier alpha value is -2.04. The molecule has 0 atom stereocenters. The van der Waals surface area contributed by atoms with Crippen LogP contribution in [0.3, 0.4) is 0 Å². The van der Waals surface area contributed by atoms with E-state index in [0.29, 0.717) is 13.1 Å². The number of carbonyl (C=O) groups is 2. The van der Waals surface area contributed by atoms with E-state index >= 15 is 0 Å². The second-order valence-electron chi connectivity index (χ2n) is 6.68. The summed E-state index contributed by atoms with van der Waals surface area (Å²) in [6, 6.07) is 8.76. The van der Waals surface area contributed by atoms with Gasteiger partial charge in [-0.1, -0.05) is 31.9 Å². The van der Waals surface area contributed by atoms with Crippen LogP contribution in [-0.2, 0) is 16.0 Å². The van der Waals surface area contributed by atoms with Gasteiger partial charge in [-0.25, -0.2) is 0 Å². The molecule has 5 heteroatoms. The molecular formula is C20H31N3O2. The van der Waals surface area contributed by atoms with Crippen LogP contribution in [0.4, 0.5) is 5.69 Å². The molecule has 0 aliphatic carbocycles. The largest absolute Gasteiger partial charge is 0.372 e. The molecule has 1 heterocycles. The molecule has 2 amide bonds. The van der Waals surface area contributed by atoms with Crippen LogP contribution in [0.2, 0.25) is 0 Å². The first kappa shape index (κ1) is 19.3. The lowest BCUT2D eigenvalue weighted by molar-refractivity contribution is -0.139. The molecule has 0 spiro atoms. The fourth-order valence-corrected chi connectivity index (χ4v) is 3.10. The van der Waals surface area contributed by atoms with Gasteiger partial charge in [-0.3, -0.25) is 9.59 Å². The maximum atomic E-state index is 11.6. The molecule has 1 aliphatic rings. The third-order valence-corrected chi connectivity index (χ3v) is 4.58. The van der Waals surface area contributed by atoms with E-state index in [0.717, 1.165) is 32.4 Å². The Labute approximate surface area is 151 Å². The first-order valence-electron chi connectivity index (χ1n) is 9.60. The van der Waals surface area contributed by atoms with E-state index in [2.05, 4.69) is 39.8 Å². The summed E-state index contributed by atoms with van der Waals surface area (Å²) in [4.78, 5) is 25.5. The normalized spacial score (nSPS) is 14.7. The van der Waals surface area contributed by atoms with E-state index in [9.17, 15) is 9.59 Å². The zero-order chi connectivity index (χ0) is 17.9. The zero-order valence-corrected chi connectivity index (χ0v) is 15.4. The minimum Gasteiger partial charge on any atom is -0.372 e. The molecule has 138 valence electrons. The molecule has 0 saturated carbocycles. The summed E-state index contributed by atoms with van der Waals surface area (Å²) >= 11 is 0. The van der Waals surface area contributed by atoms with E-state index in [1.807, 2.05) is 6.92 Å². The molecule has 5 nitrogen and oxygen atoms in total. The molecule has 1 aromatic rings. The number of benzene rings is 1. The Kier molecular flexibility index (Phi) is 8.29. The lowest BCUT2D eigenvalue weighted by atomic mass is 10.1. The number of aryl methyl sites for hydroxylation is 1. The highest BCUT2D eigenvalue weighted by molar-refractivity contribution is 6.35. The molecular weight excluding hydrogens is 314 g/mol. The van der Waals surface area contributed by atoms with Crippen LogP contribution in [0.1, 0.15) is 51.0 Å². The van der Waals surface area contributed by atoms with Gasteiger partial charge in [0, 0.05) is 31.9 Å². The Morgan fingerprint density at radius 3 is 2.12 bits per heavy atom. The number of nitrogens with one attached hydrogen (secondary N) is 2. The summed E-state index contributed by atoms with van der Waals surface area (Å²) in [6.07, 6.45) is 7.81. The molecule has 1 aliphatic heterocycles. The van der Waals surface area contributed by atoms with Crippen LogP contribution >= 0.6 is 0 Å². The van der Waals surface area contributed by atoms with Crippen LogP contribution in [0, 0.1) is 0 Å². The van der Waals surface area contributed by atoms with Crippen LogP contribution in [-0.4, -0.2) is 38.0 Å². The van der Waals surface area contributed by atoms with Crippen LogP contribution in [0.25, 0.3) is 0 Å². The molecule has 2 rings (SSSR count). The number of hydrogen-bond acceptors (Lipinski definition) is 3. The van der Waals surface area contributed by atoms with Gasteiger partial charge in [-0.05, 0) is 49.8 Å². The standard InChI is InChI=1S/C20H31N3O2/c1-2-13-21-19(24)20(25)22-14-7-8-17-9-11-18(12-10-17)23-15-5-3-4-6-16-23/h9-12H,2-8,13-16H2,1H3,(H,21,24)(H,22,25). The minimum absolute atomic E-state index is 0.520. The first-order valence-corrected chi connectivity index (χ1v) is 9.60. The van der Waals surface area contributed by atoms with Gasteiger partial charge in [-0.15, -0.1) is 0 Å². The SMILES string of the molecule is CCCNC(=O)C(=O)NCCCc1ccc(N2CCCCCC2)cc1. The van der Waals surface area contributed by atoms with Gasteiger partial charge in [0.25, 0.3) is 0 Å². The van der Waals surface area contributed by atoms with Gasteiger partial charge in [0.2, 0.25) is 0 Å². The van der Waals surface area contributed by atoms with Gasteiger partial charge in [0.1, 0.15) is 0 Å². The monoisotopic (exact) mass is 345 g/mol. The second-order valence-corrected chi connectivity index (χ2v) is 6.68. The number of carbonyl (C=O) groups excluding carboxylic acids is 2. The van der Waals surface area contributed by atoms with Gasteiger partial charge < -0.3 is 15.5 Å². The Balaban J connectivity index is 1.69. The van der Waals surface area contributed by atoms with Crippen molar-refractivity contribution in [2.75, 3.05) is 31.1 Å². The maximum absolute atomic E-state index is 11.6. The molecule has 0 aromatic heterocycles. The molecule has 1 saturated heterocycles. The molecule has 2 N–H and O–H groups in total. The zero-order valence-electron chi connectivity index (χ0n) is 15.4. The van der Waals surface area contributed by atoms with Crippen molar-refractivity contribution in [2.45, 2.75) is 51.9 Å². The van der Waals surface area contributed by atoms with Crippen LogP contribution < -0.4 is 15.5 Å². The molecule has 1 aromatic carbocycles. The predicted molar refractivity (Wildman–Crippen MR) is 102 cm³/mol. The summed E-state index contributed by atoms with van der Waals surface area (Å²) in [5.74, 6) is -1.08. The van der Waals surface area contributed by atoms with Crippen molar-refractivity contribution >= 4 is 17.5 Å². The molecule has 0 unspecified atom stereocenters. The molecule has 0 radical (unpaired) electrons. The predicted octanol–water partition coefficient (Wildman–Crippen LogP) is 2.64. The highest BCUT2D eigenvalue weighted by atomic mass is 16.2. The van der Waals surface area contributed by atoms with Crippen molar-refractivity contribution in [3.63, 3.8) is 0 Å². The third-order valence-electron chi connectivity index (χ3n) is 4.58. The van der Waals surface area contributed by atoms with E-state index in [-0.39, 0.29) is 0 Å².